The van der Waals surface area contributed by atoms with Gasteiger partial charge in [-0.25, -0.2) is 5.43 Å². The zero-order chi connectivity index (χ0) is 16.2. The van der Waals surface area contributed by atoms with E-state index in [2.05, 4.69) is 10.5 Å². The van der Waals surface area contributed by atoms with Crippen LogP contribution in [0.4, 0.5) is 0 Å². The maximum Gasteiger partial charge on any atom is 0.271 e. The number of aromatic hydroxyl groups is 2. The van der Waals surface area contributed by atoms with E-state index in [0.29, 0.717) is 35.8 Å². The van der Waals surface area contributed by atoms with Gasteiger partial charge in [0.15, 0.2) is 23.0 Å². The first-order chi connectivity index (χ1) is 11.1. The maximum atomic E-state index is 12.0. The molecule has 1 aliphatic heterocycles. The van der Waals surface area contributed by atoms with Crippen molar-refractivity contribution in [2.24, 2.45) is 5.10 Å². The van der Waals surface area contributed by atoms with Crippen molar-refractivity contribution in [1.82, 2.24) is 5.43 Å². The molecule has 7 heteroatoms. The van der Waals surface area contributed by atoms with Gasteiger partial charge in [0.1, 0.15) is 13.2 Å². The van der Waals surface area contributed by atoms with Crippen LogP contribution in [0.5, 0.6) is 23.0 Å². The number of fused-ring (bicyclic) bond motifs is 1. The van der Waals surface area contributed by atoms with Crippen molar-refractivity contribution in [3.05, 3.63) is 47.5 Å². The Balaban J connectivity index is 1.67. The highest BCUT2D eigenvalue weighted by Gasteiger charge is 2.14. The molecule has 23 heavy (non-hydrogen) atoms. The molecule has 0 spiro atoms. The number of hydrogen-bond donors (Lipinski definition) is 3. The van der Waals surface area contributed by atoms with E-state index in [0.717, 1.165) is 0 Å². The molecule has 3 rings (SSSR count). The number of carbonyl (C=O) groups is 1. The average molecular weight is 314 g/mol. The second-order valence-electron chi connectivity index (χ2n) is 4.81. The van der Waals surface area contributed by atoms with Crippen LogP contribution in [-0.2, 0) is 0 Å². The lowest BCUT2D eigenvalue weighted by atomic mass is 10.2. The zero-order valence-corrected chi connectivity index (χ0v) is 12.0. The number of hydrogen-bond acceptors (Lipinski definition) is 6. The van der Waals surface area contributed by atoms with E-state index >= 15 is 0 Å². The molecule has 1 amide bonds. The summed E-state index contributed by atoms with van der Waals surface area (Å²) in [6, 6.07) is 9.09. The third-order valence-corrected chi connectivity index (χ3v) is 3.18. The monoisotopic (exact) mass is 314 g/mol. The highest BCUT2D eigenvalue weighted by molar-refractivity contribution is 5.95. The summed E-state index contributed by atoms with van der Waals surface area (Å²) < 4.78 is 10.8. The lowest BCUT2D eigenvalue weighted by molar-refractivity contribution is 0.0954. The summed E-state index contributed by atoms with van der Waals surface area (Å²) in [6.45, 7) is 0.933. The molecule has 0 unspecified atom stereocenters. The van der Waals surface area contributed by atoms with Gasteiger partial charge < -0.3 is 19.7 Å². The maximum absolute atomic E-state index is 12.0. The quantitative estimate of drug-likeness (QED) is 0.454. The van der Waals surface area contributed by atoms with Crippen molar-refractivity contribution in [1.29, 1.82) is 0 Å². The third kappa shape index (κ3) is 3.34. The van der Waals surface area contributed by atoms with Crippen LogP contribution in [0.15, 0.2) is 41.5 Å². The number of rotatable bonds is 3. The first kappa shape index (κ1) is 14.7. The minimum absolute atomic E-state index is 0.220. The summed E-state index contributed by atoms with van der Waals surface area (Å²) >= 11 is 0. The summed E-state index contributed by atoms with van der Waals surface area (Å²) in [5, 5.41) is 22.4. The normalized spacial score (nSPS) is 13.0. The van der Waals surface area contributed by atoms with Crippen LogP contribution >= 0.6 is 0 Å². The molecule has 1 heterocycles. The van der Waals surface area contributed by atoms with E-state index in [1.165, 1.54) is 18.3 Å². The van der Waals surface area contributed by atoms with E-state index in [4.69, 9.17) is 9.47 Å². The number of phenolic OH excluding ortho intramolecular Hbond substituents is 2. The van der Waals surface area contributed by atoms with Crippen molar-refractivity contribution in [3.8, 4) is 23.0 Å². The van der Waals surface area contributed by atoms with Crippen molar-refractivity contribution >= 4 is 12.1 Å². The Morgan fingerprint density at radius 2 is 1.83 bits per heavy atom. The minimum atomic E-state index is -0.402. The van der Waals surface area contributed by atoms with Crippen LogP contribution in [0.2, 0.25) is 0 Å². The predicted molar refractivity (Wildman–Crippen MR) is 82.3 cm³/mol. The second-order valence-corrected chi connectivity index (χ2v) is 4.81. The Kier molecular flexibility index (Phi) is 4.01. The average Bonchev–Trinajstić information content (AvgIpc) is 2.57. The fourth-order valence-electron chi connectivity index (χ4n) is 2.04. The second kappa shape index (κ2) is 6.27. The molecule has 0 aliphatic carbocycles. The molecule has 0 aromatic heterocycles. The van der Waals surface area contributed by atoms with Crippen molar-refractivity contribution in [3.63, 3.8) is 0 Å². The van der Waals surface area contributed by atoms with Gasteiger partial charge in [0.05, 0.1) is 6.21 Å². The molecule has 3 N–H and O–H groups in total. The van der Waals surface area contributed by atoms with Crippen LogP contribution < -0.4 is 14.9 Å². The van der Waals surface area contributed by atoms with Crippen LogP contribution in [0.3, 0.4) is 0 Å². The van der Waals surface area contributed by atoms with Gasteiger partial charge in [-0.3, -0.25) is 4.79 Å². The molecule has 0 bridgehead atoms. The van der Waals surface area contributed by atoms with Gasteiger partial charge in [-0.05, 0) is 42.0 Å². The number of amides is 1. The van der Waals surface area contributed by atoms with E-state index < -0.39 is 5.91 Å². The summed E-state index contributed by atoms with van der Waals surface area (Å²) in [4.78, 5) is 12.0. The van der Waals surface area contributed by atoms with Gasteiger partial charge in [0.2, 0.25) is 0 Å². The number of hydrazone groups is 1. The van der Waals surface area contributed by atoms with Gasteiger partial charge >= 0.3 is 0 Å². The van der Waals surface area contributed by atoms with Crippen LogP contribution in [0.1, 0.15) is 15.9 Å². The molecular formula is C16H14N2O5. The lowest BCUT2D eigenvalue weighted by Gasteiger charge is -2.18. The van der Waals surface area contributed by atoms with E-state index in [9.17, 15) is 15.0 Å². The zero-order valence-electron chi connectivity index (χ0n) is 12.0. The van der Waals surface area contributed by atoms with Crippen LogP contribution in [0.25, 0.3) is 0 Å². The predicted octanol–water partition coefficient (Wildman–Crippen LogP) is 1.63. The van der Waals surface area contributed by atoms with Gasteiger partial charge in [-0.2, -0.15) is 5.10 Å². The number of nitrogens with zero attached hydrogens (tertiary/aromatic N) is 1. The Hall–Kier alpha value is -3.22. The molecule has 0 saturated carbocycles. The van der Waals surface area contributed by atoms with Gasteiger partial charge in [-0.1, -0.05) is 0 Å². The Morgan fingerprint density at radius 3 is 2.61 bits per heavy atom. The molecule has 1 aliphatic rings. The molecule has 0 fully saturated rings. The fourth-order valence-corrected chi connectivity index (χ4v) is 2.04. The summed E-state index contributed by atoms with van der Waals surface area (Å²) in [5.41, 5.74) is 3.30. The van der Waals surface area contributed by atoms with Gasteiger partial charge in [0, 0.05) is 5.56 Å². The first-order valence-corrected chi connectivity index (χ1v) is 6.88. The number of carbonyl (C=O) groups excluding carboxylic acids is 1. The SMILES string of the molecule is O=C(N/N=C/c1ccc(O)c(O)c1)c1ccc2c(c1)OCCO2. The highest BCUT2D eigenvalue weighted by atomic mass is 16.6. The van der Waals surface area contributed by atoms with Crippen LogP contribution in [0, 0.1) is 0 Å². The standard InChI is InChI=1S/C16H14N2O5/c19-12-3-1-10(7-13(12)20)9-17-18-16(21)11-2-4-14-15(8-11)23-6-5-22-14/h1-4,7-9,19-20H,5-6H2,(H,18,21)/b17-9+. The number of benzene rings is 2. The largest absolute Gasteiger partial charge is 0.504 e. The Labute approximate surface area is 131 Å². The number of phenols is 2. The third-order valence-electron chi connectivity index (χ3n) is 3.18. The molecule has 7 nitrogen and oxygen atoms in total. The van der Waals surface area contributed by atoms with Gasteiger partial charge in [-0.15, -0.1) is 0 Å². The molecular weight excluding hydrogens is 300 g/mol. The highest BCUT2D eigenvalue weighted by Crippen LogP contribution is 2.30. The number of nitrogens with one attached hydrogen (secondary N) is 1. The van der Waals surface area contributed by atoms with E-state index in [1.807, 2.05) is 0 Å². The topological polar surface area (TPSA) is 100 Å². The molecule has 2 aromatic carbocycles. The summed E-state index contributed by atoms with van der Waals surface area (Å²) in [6.07, 6.45) is 1.36. The summed E-state index contributed by atoms with van der Waals surface area (Å²) in [7, 11) is 0. The Morgan fingerprint density at radius 1 is 1.04 bits per heavy atom. The van der Waals surface area contributed by atoms with E-state index in [1.54, 1.807) is 24.3 Å². The molecule has 0 atom stereocenters. The van der Waals surface area contributed by atoms with Crippen molar-refractivity contribution in [2.75, 3.05) is 13.2 Å². The lowest BCUT2D eigenvalue weighted by Crippen LogP contribution is -2.19. The smallest absolute Gasteiger partial charge is 0.271 e. The number of ether oxygens (including phenoxy) is 2. The Bertz CT molecular complexity index is 773. The van der Waals surface area contributed by atoms with Crippen molar-refractivity contribution < 1.29 is 24.5 Å². The molecule has 118 valence electrons. The molecule has 0 saturated heterocycles. The fraction of sp³-hybridized carbons (Fsp3) is 0.125. The summed E-state index contributed by atoms with van der Waals surface area (Å²) in [5.74, 6) is 0.253. The molecule has 0 radical (unpaired) electrons. The van der Waals surface area contributed by atoms with Gasteiger partial charge in [0.25, 0.3) is 5.91 Å². The molecule has 2 aromatic rings. The van der Waals surface area contributed by atoms with Crippen LogP contribution in [-0.4, -0.2) is 35.5 Å². The minimum Gasteiger partial charge on any atom is -0.504 e. The first-order valence-electron chi connectivity index (χ1n) is 6.88. The van der Waals surface area contributed by atoms with E-state index in [-0.39, 0.29) is 11.5 Å². The van der Waals surface area contributed by atoms with Crippen molar-refractivity contribution in [2.45, 2.75) is 0 Å².